The summed E-state index contributed by atoms with van der Waals surface area (Å²) in [6, 6.07) is 2.72. The van der Waals surface area contributed by atoms with Gasteiger partial charge in [-0.1, -0.05) is 0 Å². The van der Waals surface area contributed by atoms with Crippen LogP contribution in [0.15, 0.2) is 18.3 Å². The molecule has 0 spiro atoms. The van der Waals surface area contributed by atoms with E-state index in [0.717, 1.165) is 25.1 Å². The van der Waals surface area contributed by atoms with E-state index in [1.807, 2.05) is 4.90 Å². The van der Waals surface area contributed by atoms with E-state index < -0.39 is 11.7 Å². The Morgan fingerprint density at radius 2 is 1.85 bits per heavy atom. The van der Waals surface area contributed by atoms with E-state index in [2.05, 4.69) is 15.6 Å². The molecule has 1 saturated heterocycles. The molecule has 1 aromatic rings. The molecule has 3 N–H and O–H groups in total. The summed E-state index contributed by atoms with van der Waals surface area (Å²) in [7, 11) is 0. The van der Waals surface area contributed by atoms with Crippen LogP contribution < -0.4 is 20.5 Å². The fourth-order valence-corrected chi connectivity index (χ4v) is 2.99. The topological polar surface area (TPSA) is 75.6 Å². The highest BCUT2D eigenvalue weighted by Crippen LogP contribution is 2.29. The number of anilines is 1. The summed E-state index contributed by atoms with van der Waals surface area (Å²) >= 11 is 0. The molecular weight excluding hydrogens is 349 g/mol. The van der Waals surface area contributed by atoms with Gasteiger partial charge in [0.2, 0.25) is 11.8 Å². The summed E-state index contributed by atoms with van der Waals surface area (Å²) in [4.78, 5) is 28.4. The van der Waals surface area contributed by atoms with Gasteiger partial charge in [-0.15, -0.1) is 0 Å². The van der Waals surface area contributed by atoms with Crippen molar-refractivity contribution in [3.8, 4) is 0 Å². The van der Waals surface area contributed by atoms with Crippen LogP contribution in [0.4, 0.5) is 19.0 Å². The molecule has 0 bridgehead atoms. The number of nitrogens with one attached hydrogen (secondary N) is 3. The number of amides is 2. The number of rotatable bonds is 5. The SMILES string of the molecule is O=C(CNC(=O)C1CCN(c2ccc(C(F)(F)F)c[nH+]2)CC1)NC1CC1. The van der Waals surface area contributed by atoms with Crippen molar-refractivity contribution >= 4 is 17.6 Å². The molecule has 1 saturated carbocycles. The van der Waals surface area contributed by atoms with E-state index in [4.69, 9.17) is 0 Å². The Morgan fingerprint density at radius 3 is 2.38 bits per heavy atom. The van der Waals surface area contributed by atoms with Gasteiger partial charge < -0.3 is 10.6 Å². The summed E-state index contributed by atoms with van der Waals surface area (Å²) in [6.45, 7) is 1.12. The van der Waals surface area contributed by atoms with Gasteiger partial charge in [0, 0.05) is 18.0 Å². The smallest absolute Gasteiger partial charge is 0.352 e. The van der Waals surface area contributed by atoms with Gasteiger partial charge in [0.25, 0.3) is 5.82 Å². The number of hydrogen-bond acceptors (Lipinski definition) is 3. The number of alkyl halides is 3. The molecular formula is C17H22F3N4O2+. The Labute approximate surface area is 149 Å². The van der Waals surface area contributed by atoms with Gasteiger partial charge in [-0.2, -0.15) is 13.2 Å². The second-order valence-corrected chi connectivity index (χ2v) is 6.78. The van der Waals surface area contributed by atoms with E-state index in [-0.39, 0.29) is 30.3 Å². The Bertz CT molecular complexity index is 651. The maximum Gasteiger partial charge on any atom is 0.419 e. The van der Waals surface area contributed by atoms with Gasteiger partial charge in [0.15, 0.2) is 0 Å². The lowest BCUT2D eigenvalue weighted by molar-refractivity contribution is -0.367. The number of hydrogen-bond donors (Lipinski definition) is 2. The minimum atomic E-state index is -4.37. The van der Waals surface area contributed by atoms with E-state index in [9.17, 15) is 22.8 Å². The van der Waals surface area contributed by atoms with Gasteiger partial charge in [-0.3, -0.25) is 14.5 Å². The maximum absolute atomic E-state index is 12.6. The normalized spacial score (nSPS) is 18.5. The van der Waals surface area contributed by atoms with Crippen molar-refractivity contribution < 1.29 is 27.7 Å². The van der Waals surface area contributed by atoms with Gasteiger partial charge in [-0.05, 0) is 31.7 Å². The standard InChI is InChI=1S/C17H21F3N4O2/c18-17(19,20)12-1-4-14(21-9-12)24-7-5-11(6-8-24)16(26)22-10-15(25)23-13-2-3-13/h1,4,9,11,13H,2-3,5-8,10H2,(H,22,26)(H,23,25)/p+1. The third-order valence-electron chi connectivity index (χ3n) is 4.70. The minimum absolute atomic E-state index is 0.0117. The lowest BCUT2D eigenvalue weighted by Crippen LogP contribution is -2.44. The minimum Gasteiger partial charge on any atom is -0.352 e. The fraction of sp³-hybridized carbons (Fsp3) is 0.588. The zero-order valence-corrected chi connectivity index (χ0v) is 14.2. The quantitative estimate of drug-likeness (QED) is 0.815. The lowest BCUT2D eigenvalue weighted by atomic mass is 9.96. The molecule has 2 aliphatic rings. The van der Waals surface area contributed by atoms with Crippen LogP contribution in [0.25, 0.3) is 0 Å². The van der Waals surface area contributed by atoms with Crippen molar-refractivity contribution in [3.63, 3.8) is 0 Å². The first kappa shape index (κ1) is 18.5. The van der Waals surface area contributed by atoms with Crippen LogP contribution in [-0.4, -0.2) is 37.5 Å². The Balaban J connectivity index is 1.44. The van der Waals surface area contributed by atoms with Gasteiger partial charge in [-0.25, -0.2) is 4.98 Å². The summed E-state index contributed by atoms with van der Waals surface area (Å²) < 4.78 is 37.8. The average molecular weight is 371 g/mol. The highest BCUT2D eigenvalue weighted by atomic mass is 19.4. The third-order valence-corrected chi connectivity index (χ3v) is 4.70. The monoisotopic (exact) mass is 371 g/mol. The molecule has 0 unspecified atom stereocenters. The molecule has 26 heavy (non-hydrogen) atoms. The number of H-pyrrole nitrogens is 1. The second-order valence-electron chi connectivity index (χ2n) is 6.78. The molecule has 1 aliphatic heterocycles. The predicted molar refractivity (Wildman–Crippen MR) is 87.1 cm³/mol. The van der Waals surface area contributed by atoms with Crippen LogP contribution in [0.1, 0.15) is 31.2 Å². The fourth-order valence-electron chi connectivity index (χ4n) is 2.99. The molecule has 2 amide bonds. The van der Waals surface area contributed by atoms with Crippen molar-refractivity contribution in [3.05, 3.63) is 23.9 Å². The van der Waals surface area contributed by atoms with Crippen LogP contribution in [-0.2, 0) is 15.8 Å². The Morgan fingerprint density at radius 1 is 1.15 bits per heavy atom. The number of piperidine rings is 1. The van der Waals surface area contributed by atoms with Gasteiger partial charge in [0.05, 0.1) is 25.2 Å². The number of halogens is 3. The number of carbonyl (C=O) groups excluding carboxylic acids is 2. The van der Waals surface area contributed by atoms with E-state index in [0.29, 0.717) is 31.7 Å². The lowest BCUT2D eigenvalue weighted by Gasteiger charge is -2.27. The first-order chi connectivity index (χ1) is 12.3. The summed E-state index contributed by atoms with van der Waals surface area (Å²) in [5.41, 5.74) is -0.722. The first-order valence-electron chi connectivity index (χ1n) is 8.74. The number of nitrogens with zero attached hydrogens (tertiary/aromatic N) is 1. The molecule has 9 heteroatoms. The number of pyridine rings is 1. The Hall–Kier alpha value is -2.32. The number of aromatic nitrogens is 1. The van der Waals surface area contributed by atoms with Crippen molar-refractivity contribution in [2.24, 2.45) is 5.92 Å². The van der Waals surface area contributed by atoms with Crippen molar-refractivity contribution in [2.75, 3.05) is 24.5 Å². The van der Waals surface area contributed by atoms with Gasteiger partial charge >= 0.3 is 6.18 Å². The summed E-state index contributed by atoms with van der Waals surface area (Å²) in [6.07, 6.45) is -0.243. The van der Waals surface area contributed by atoms with Crippen molar-refractivity contribution in [1.82, 2.24) is 10.6 Å². The predicted octanol–water partition coefficient (Wildman–Crippen LogP) is 1.13. The van der Waals surface area contributed by atoms with Crippen LogP contribution in [0.3, 0.4) is 0 Å². The maximum atomic E-state index is 12.6. The molecule has 0 radical (unpaired) electrons. The Kier molecular flexibility index (Phi) is 5.33. The molecule has 2 heterocycles. The molecule has 2 fully saturated rings. The largest absolute Gasteiger partial charge is 0.419 e. The zero-order valence-electron chi connectivity index (χ0n) is 14.2. The molecule has 1 aliphatic carbocycles. The van der Waals surface area contributed by atoms with Crippen LogP contribution in [0.2, 0.25) is 0 Å². The third kappa shape index (κ3) is 4.86. The molecule has 0 atom stereocenters. The molecule has 0 aromatic carbocycles. The number of carbonyl (C=O) groups is 2. The van der Waals surface area contributed by atoms with Crippen LogP contribution >= 0.6 is 0 Å². The van der Waals surface area contributed by atoms with Crippen molar-refractivity contribution in [2.45, 2.75) is 37.9 Å². The van der Waals surface area contributed by atoms with E-state index in [1.54, 1.807) is 0 Å². The summed E-state index contributed by atoms with van der Waals surface area (Å²) in [5.74, 6) is 0.0970. The highest BCUT2D eigenvalue weighted by Gasteiger charge is 2.33. The molecule has 6 nitrogen and oxygen atoms in total. The van der Waals surface area contributed by atoms with Crippen molar-refractivity contribution in [1.29, 1.82) is 0 Å². The molecule has 3 rings (SSSR count). The molecule has 1 aromatic heterocycles. The van der Waals surface area contributed by atoms with Crippen LogP contribution in [0, 0.1) is 5.92 Å². The highest BCUT2D eigenvalue weighted by molar-refractivity contribution is 5.86. The van der Waals surface area contributed by atoms with Gasteiger partial charge in [0.1, 0.15) is 6.20 Å². The zero-order chi connectivity index (χ0) is 18.7. The molecule has 142 valence electrons. The van der Waals surface area contributed by atoms with Crippen LogP contribution in [0.5, 0.6) is 0 Å². The van der Waals surface area contributed by atoms with E-state index >= 15 is 0 Å². The average Bonchev–Trinajstić information content (AvgIpc) is 3.43. The number of aromatic amines is 1. The summed E-state index contributed by atoms with van der Waals surface area (Å²) in [5, 5.41) is 5.47. The van der Waals surface area contributed by atoms with E-state index in [1.165, 1.54) is 6.07 Å². The second kappa shape index (κ2) is 7.51. The first-order valence-corrected chi connectivity index (χ1v) is 8.74.